The number of benzene rings is 1. The Morgan fingerprint density at radius 1 is 1.24 bits per heavy atom. The van der Waals surface area contributed by atoms with Crippen LogP contribution in [0.2, 0.25) is 0 Å². The quantitative estimate of drug-likeness (QED) is 0.697. The Balaban J connectivity index is 1.61. The molecule has 0 bridgehead atoms. The number of rotatable bonds is 9. The van der Waals surface area contributed by atoms with Gasteiger partial charge in [0.15, 0.2) is 0 Å². The molecule has 0 aromatic heterocycles. The van der Waals surface area contributed by atoms with Crippen LogP contribution in [0.5, 0.6) is 5.75 Å². The lowest BCUT2D eigenvalue weighted by molar-refractivity contribution is -0.132. The second kappa shape index (κ2) is 10.4. The number of ether oxygens (including phenoxy) is 2. The molecule has 1 atom stereocenters. The fourth-order valence-electron chi connectivity index (χ4n) is 3.22. The molecule has 2 rings (SSSR count). The third-order valence-electron chi connectivity index (χ3n) is 4.96. The number of nitrogens with zero attached hydrogens (tertiary/aromatic N) is 1. The number of nitrogens with two attached hydrogens (primary N) is 1. The first kappa shape index (κ1) is 19.7. The molecule has 0 aliphatic carbocycles. The lowest BCUT2D eigenvalue weighted by Crippen LogP contribution is -2.42. The smallest absolute Gasteiger partial charge is 0.222 e. The van der Waals surface area contributed by atoms with Crippen LogP contribution in [0.15, 0.2) is 24.3 Å². The van der Waals surface area contributed by atoms with Crippen LogP contribution in [0.4, 0.5) is 0 Å². The maximum absolute atomic E-state index is 12.3. The fourth-order valence-corrected chi connectivity index (χ4v) is 3.22. The van der Waals surface area contributed by atoms with Crippen molar-refractivity contribution in [1.29, 1.82) is 0 Å². The van der Waals surface area contributed by atoms with Crippen molar-refractivity contribution in [3.05, 3.63) is 29.8 Å². The number of carbonyl (C=O) groups excluding carboxylic acids is 1. The van der Waals surface area contributed by atoms with E-state index in [-0.39, 0.29) is 11.9 Å². The predicted octanol–water partition coefficient (Wildman–Crippen LogP) is 2.62. The van der Waals surface area contributed by atoms with Gasteiger partial charge in [0.2, 0.25) is 5.91 Å². The summed E-state index contributed by atoms with van der Waals surface area (Å²) in [6.45, 7) is 5.04. The van der Waals surface area contributed by atoms with Gasteiger partial charge in [-0.3, -0.25) is 4.79 Å². The standard InChI is InChI=1S/C20H32N2O3/c1-16(21)18-9-12-22(13-10-18)20(23)4-3-14-25-19-7-5-17(6-8-19)11-15-24-2/h5-8,16,18H,3-4,9-15,21H2,1-2H3. The van der Waals surface area contributed by atoms with Crippen molar-refractivity contribution in [3.8, 4) is 5.75 Å². The summed E-state index contributed by atoms with van der Waals surface area (Å²) >= 11 is 0. The summed E-state index contributed by atoms with van der Waals surface area (Å²) in [6.07, 6.45) is 4.25. The van der Waals surface area contributed by atoms with Crippen molar-refractivity contribution in [1.82, 2.24) is 4.90 Å². The Morgan fingerprint density at radius 2 is 1.92 bits per heavy atom. The van der Waals surface area contributed by atoms with Crippen molar-refractivity contribution in [2.24, 2.45) is 11.7 Å². The van der Waals surface area contributed by atoms with Crippen LogP contribution in [0.1, 0.15) is 38.2 Å². The summed E-state index contributed by atoms with van der Waals surface area (Å²) in [5, 5.41) is 0. The molecule has 1 heterocycles. The number of hydrogen-bond donors (Lipinski definition) is 1. The minimum Gasteiger partial charge on any atom is -0.494 e. The molecule has 1 aromatic rings. The van der Waals surface area contributed by atoms with E-state index < -0.39 is 0 Å². The van der Waals surface area contributed by atoms with Crippen LogP contribution in [-0.4, -0.2) is 50.3 Å². The monoisotopic (exact) mass is 348 g/mol. The molecule has 140 valence electrons. The van der Waals surface area contributed by atoms with Crippen LogP contribution in [-0.2, 0) is 16.0 Å². The van der Waals surface area contributed by atoms with E-state index in [0.717, 1.165) is 51.1 Å². The number of likely N-dealkylation sites (tertiary alicyclic amines) is 1. The third kappa shape index (κ3) is 6.67. The predicted molar refractivity (Wildman–Crippen MR) is 99.7 cm³/mol. The minimum absolute atomic E-state index is 0.228. The van der Waals surface area contributed by atoms with E-state index in [4.69, 9.17) is 15.2 Å². The van der Waals surface area contributed by atoms with Crippen LogP contribution < -0.4 is 10.5 Å². The van der Waals surface area contributed by atoms with Gasteiger partial charge in [-0.15, -0.1) is 0 Å². The van der Waals surface area contributed by atoms with E-state index in [9.17, 15) is 4.79 Å². The summed E-state index contributed by atoms with van der Waals surface area (Å²) in [7, 11) is 1.71. The van der Waals surface area contributed by atoms with Gasteiger partial charge in [-0.2, -0.15) is 0 Å². The molecule has 1 fully saturated rings. The Hall–Kier alpha value is -1.59. The highest BCUT2D eigenvalue weighted by Crippen LogP contribution is 2.20. The van der Waals surface area contributed by atoms with Gasteiger partial charge in [0.25, 0.3) is 0 Å². The molecule has 1 aliphatic heterocycles. The van der Waals surface area contributed by atoms with Crippen molar-refractivity contribution < 1.29 is 14.3 Å². The van der Waals surface area contributed by atoms with E-state index in [1.165, 1.54) is 5.56 Å². The maximum atomic E-state index is 12.3. The summed E-state index contributed by atoms with van der Waals surface area (Å²) in [5.74, 6) is 1.65. The molecule has 5 nitrogen and oxygen atoms in total. The maximum Gasteiger partial charge on any atom is 0.222 e. The zero-order chi connectivity index (χ0) is 18.1. The van der Waals surface area contributed by atoms with Crippen LogP contribution in [0, 0.1) is 5.92 Å². The molecule has 0 saturated carbocycles. The molecule has 1 saturated heterocycles. The number of amides is 1. The van der Waals surface area contributed by atoms with Crippen LogP contribution >= 0.6 is 0 Å². The molecular weight excluding hydrogens is 316 g/mol. The molecule has 1 aromatic carbocycles. The van der Waals surface area contributed by atoms with Crippen molar-refractivity contribution in [3.63, 3.8) is 0 Å². The first-order valence-electron chi connectivity index (χ1n) is 9.34. The van der Waals surface area contributed by atoms with Crippen LogP contribution in [0.3, 0.4) is 0 Å². The molecule has 1 unspecified atom stereocenters. The zero-order valence-electron chi connectivity index (χ0n) is 15.6. The van der Waals surface area contributed by atoms with E-state index >= 15 is 0 Å². The second-order valence-corrected chi connectivity index (χ2v) is 6.92. The van der Waals surface area contributed by atoms with E-state index in [1.807, 2.05) is 17.0 Å². The fraction of sp³-hybridized carbons (Fsp3) is 0.650. The lowest BCUT2D eigenvalue weighted by Gasteiger charge is -2.33. The molecule has 2 N–H and O–H groups in total. The van der Waals surface area contributed by atoms with Gasteiger partial charge in [0.05, 0.1) is 13.2 Å². The number of hydrogen-bond acceptors (Lipinski definition) is 4. The highest BCUT2D eigenvalue weighted by atomic mass is 16.5. The normalized spacial score (nSPS) is 16.7. The average Bonchev–Trinajstić information content (AvgIpc) is 2.64. The van der Waals surface area contributed by atoms with Crippen LogP contribution in [0.25, 0.3) is 0 Å². The Labute approximate surface area is 151 Å². The summed E-state index contributed by atoms with van der Waals surface area (Å²) in [4.78, 5) is 14.2. The summed E-state index contributed by atoms with van der Waals surface area (Å²) in [5.41, 5.74) is 7.18. The minimum atomic E-state index is 0.228. The number of piperidine rings is 1. The van der Waals surface area contributed by atoms with Gasteiger partial charge in [0.1, 0.15) is 5.75 Å². The first-order chi connectivity index (χ1) is 12.1. The van der Waals surface area contributed by atoms with Gasteiger partial charge in [-0.25, -0.2) is 0 Å². The average molecular weight is 348 g/mol. The van der Waals surface area contributed by atoms with Crippen molar-refractivity contribution in [2.75, 3.05) is 33.4 Å². The van der Waals surface area contributed by atoms with Crippen molar-refractivity contribution >= 4 is 5.91 Å². The SMILES string of the molecule is COCCc1ccc(OCCCC(=O)N2CCC(C(C)N)CC2)cc1. The summed E-state index contributed by atoms with van der Waals surface area (Å²) in [6, 6.07) is 8.30. The molecule has 5 heteroatoms. The molecule has 0 radical (unpaired) electrons. The summed E-state index contributed by atoms with van der Waals surface area (Å²) < 4.78 is 10.8. The molecule has 0 spiro atoms. The third-order valence-corrected chi connectivity index (χ3v) is 4.96. The Morgan fingerprint density at radius 3 is 2.52 bits per heavy atom. The molecule has 1 aliphatic rings. The second-order valence-electron chi connectivity index (χ2n) is 6.92. The zero-order valence-corrected chi connectivity index (χ0v) is 15.6. The van der Waals surface area contributed by atoms with E-state index in [0.29, 0.717) is 18.9 Å². The largest absolute Gasteiger partial charge is 0.494 e. The van der Waals surface area contributed by atoms with E-state index in [1.54, 1.807) is 7.11 Å². The number of methoxy groups -OCH3 is 1. The molecular formula is C20H32N2O3. The first-order valence-corrected chi connectivity index (χ1v) is 9.34. The Bertz CT molecular complexity index is 508. The van der Waals surface area contributed by atoms with Gasteiger partial charge >= 0.3 is 0 Å². The lowest BCUT2D eigenvalue weighted by atomic mass is 9.91. The van der Waals surface area contributed by atoms with Gasteiger partial charge < -0.3 is 20.1 Å². The highest BCUT2D eigenvalue weighted by Gasteiger charge is 2.24. The highest BCUT2D eigenvalue weighted by molar-refractivity contribution is 5.76. The van der Waals surface area contributed by atoms with Gasteiger partial charge in [0, 0.05) is 32.7 Å². The van der Waals surface area contributed by atoms with Gasteiger partial charge in [-0.05, 0) is 56.2 Å². The van der Waals surface area contributed by atoms with E-state index in [2.05, 4.69) is 19.1 Å². The molecule has 25 heavy (non-hydrogen) atoms. The Kier molecular flexibility index (Phi) is 8.22. The van der Waals surface area contributed by atoms with Gasteiger partial charge in [-0.1, -0.05) is 12.1 Å². The topological polar surface area (TPSA) is 64.8 Å². The van der Waals surface area contributed by atoms with Crippen molar-refractivity contribution in [2.45, 2.75) is 45.1 Å². The number of carbonyl (C=O) groups is 1. The molecule has 1 amide bonds.